The van der Waals surface area contributed by atoms with Crippen LogP contribution < -0.4 is 10.2 Å². The van der Waals surface area contributed by atoms with Crippen molar-refractivity contribution < 1.29 is 24.6 Å². The Labute approximate surface area is 137 Å². The van der Waals surface area contributed by atoms with Crippen LogP contribution in [0.2, 0.25) is 0 Å². The summed E-state index contributed by atoms with van der Waals surface area (Å²) in [6.45, 7) is 0. The first-order valence-corrected chi connectivity index (χ1v) is 7.09. The number of benzene rings is 2. The summed E-state index contributed by atoms with van der Waals surface area (Å²) < 4.78 is 0. The van der Waals surface area contributed by atoms with E-state index in [2.05, 4.69) is 0 Å². The zero-order valence-corrected chi connectivity index (χ0v) is 12.3. The zero-order valence-electron chi connectivity index (χ0n) is 12.3. The van der Waals surface area contributed by atoms with Crippen molar-refractivity contribution in [2.45, 2.75) is 0 Å². The van der Waals surface area contributed by atoms with Crippen molar-refractivity contribution in [3.63, 3.8) is 0 Å². The molecule has 1 aliphatic carbocycles. The minimum Gasteiger partial charge on any atom is -0.545 e. The molecule has 1 aliphatic rings. The first-order chi connectivity index (χ1) is 11.5. The van der Waals surface area contributed by atoms with Crippen molar-refractivity contribution >= 4 is 28.9 Å². The third-order valence-electron chi connectivity index (χ3n) is 3.74. The van der Waals surface area contributed by atoms with Gasteiger partial charge in [-0.05, 0) is 11.1 Å². The molecular weight excluding hydrogens is 308 g/mol. The summed E-state index contributed by atoms with van der Waals surface area (Å²) in [5.41, 5.74) is -0.434. The van der Waals surface area contributed by atoms with Gasteiger partial charge in [-0.25, -0.2) is 0 Å². The van der Waals surface area contributed by atoms with E-state index >= 15 is 0 Å². The van der Waals surface area contributed by atoms with Crippen LogP contribution in [-0.2, 0) is 14.4 Å². The smallest absolute Gasteiger partial charge is 0.197 e. The zero-order chi connectivity index (χ0) is 17.3. The number of carbonyl (C=O) groups is 3. The van der Waals surface area contributed by atoms with E-state index in [1.54, 1.807) is 60.7 Å². The summed E-state index contributed by atoms with van der Waals surface area (Å²) in [7, 11) is 0. The molecule has 0 saturated heterocycles. The van der Waals surface area contributed by atoms with Gasteiger partial charge in [0, 0.05) is 11.1 Å². The number of carboxylic acids is 2. The second-order valence-corrected chi connectivity index (χ2v) is 5.14. The molecule has 0 radical (unpaired) electrons. The molecule has 3 rings (SSSR count). The standard InChI is InChI=1S/C19H12O5/c20-17-15(18(21)22)13(11-7-3-1-4-8-11)14(16(17)19(23)24)12-9-5-2-6-10-12/h1-10H,(H,21,22)(H,23,24)/p-2. The quantitative estimate of drug-likeness (QED) is 0.738. The van der Waals surface area contributed by atoms with Crippen LogP contribution in [0.1, 0.15) is 11.1 Å². The van der Waals surface area contributed by atoms with Crippen LogP contribution in [0.5, 0.6) is 0 Å². The number of aliphatic carboxylic acids is 2. The molecule has 0 heterocycles. The summed E-state index contributed by atoms with van der Waals surface area (Å²) in [6, 6.07) is 16.5. The Morgan fingerprint density at radius 3 is 1.25 bits per heavy atom. The predicted molar refractivity (Wildman–Crippen MR) is 81.7 cm³/mol. The largest absolute Gasteiger partial charge is 0.545 e. The second kappa shape index (κ2) is 5.96. The van der Waals surface area contributed by atoms with Gasteiger partial charge in [-0.1, -0.05) is 60.7 Å². The fourth-order valence-electron chi connectivity index (χ4n) is 2.78. The Morgan fingerprint density at radius 2 is 0.958 bits per heavy atom. The molecule has 0 aromatic heterocycles. The van der Waals surface area contributed by atoms with Gasteiger partial charge in [-0.3, -0.25) is 4.79 Å². The third kappa shape index (κ3) is 2.42. The topological polar surface area (TPSA) is 97.3 Å². The van der Waals surface area contributed by atoms with Crippen LogP contribution in [0, 0.1) is 0 Å². The Morgan fingerprint density at radius 1 is 0.625 bits per heavy atom. The summed E-state index contributed by atoms with van der Waals surface area (Å²) in [5, 5.41) is 23.0. The normalized spacial score (nSPS) is 14.2. The van der Waals surface area contributed by atoms with Crippen molar-refractivity contribution in [2.75, 3.05) is 0 Å². The molecule has 0 unspecified atom stereocenters. The lowest BCUT2D eigenvalue weighted by atomic mass is 9.91. The van der Waals surface area contributed by atoms with Gasteiger partial charge < -0.3 is 19.8 Å². The predicted octanol–water partition coefficient (Wildman–Crippen LogP) is -0.0235. The van der Waals surface area contributed by atoms with Gasteiger partial charge in [0.1, 0.15) is 0 Å². The van der Waals surface area contributed by atoms with Gasteiger partial charge in [0.2, 0.25) is 0 Å². The molecule has 24 heavy (non-hydrogen) atoms. The van der Waals surface area contributed by atoms with Gasteiger partial charge in [0.05, 0.1) is 23.1 Å². The number of hydrogen-bond acceptors (Lipinski definition) is 5. The Bertz CT molecular complexity index is 830. The highest BCUT2D eigenvalue weighted by Gasteiger charge is 2.34. The minimum atomic E-state index is -1.72. The first kappa shape index (κ1) is 15.4. The lowest BCUT2D eigenvalue weighted by molar-refractivity contribution is -0.298. The summed E-state index contributed by atoms with van der Waals surface area (Å²) >= 11 is 0. The van der Waals surface area contributed by atoms with E-state index in [0.717, 1.165) is 0 Å². The van der Waals surface area contributed by atoms with E-state index in [1.165, 1.54) is 0 Å². The Balaban J connectivity index is 2.39. The van der Waals surface area contributed by atoms with E-state index < -0.39 is 28.9 Å². The van der Waals surface area contributed by atoms with Crippen LogP contribution in [-0.4, -0.2) is 17.7 Å². The van der Waals surface area contributed by atoms with E-state index in [-0.39, 0.29) is 11.1 Å². The van der Waals surface area contributed by atoms with Crippen molar-refractivity contribution in [2.24, 2.45) is 0 Å². The molecule has 0 fully saturated rings. The second-order valence-electron chi connectivity index (χ2n) is 5.14. The third-order valence-corrected chi connectivity index (χ3v) is 3.74. The molecule has 118 valence electrons. The van der Waals surface area contributed by atoms with Crippen molar-refractivity contribution in [1.82, 2.24) is 0 Å². The van der Waals surface area contributed by atoms with E-state index in [0.29, 0.717) is 11.1 Å². The number of carbonyl (C=O) groups excluding carboxylic acids is 3. The molecule has 2 aromatic carbocycles. The number of carboxylic acid groups (broad SMARTS) is 2. The van der Waals surface area contributed by atoms with Crippen LogP contribution in [0.3, 0.4) is 0 Å². The highest BCUT2D eigenvalue weighted by molar-refractivity contribution is 6.46. The van der Waals surface area contributed by atoms with Gasteiger partial charge in [-0.2, -0.15) is 0 Å². The highest BCUT2D eigenvalue weighted by Crippen LogP contribution is 2.42. The van der Waals surface area contributed by atoms with Crippen LogP contribution in [0.4, 0.5) is 0 Å². The molecule has 5 heteroatoms. The molecule has 2 aromatic rings. The van der Waals surface area contributed by atoms with Crippen molar-refractivity contribution in [3.05, 3.63) is 82.9 Å². The summed E-state index contributed by atoms with van der Waals surface area (Å²) in [4.78, 5) is 35.4. The van der Waals surface area contributed by atoms with Gasteiger partial charge in [0.25, 0.3) is 0 Å². The fourth-order valence-corrected chi connectivity index (χ4v) is 2.78. The number of rotatable bonds is 4. The number of Topliss-reactive ketones (excluding diaryl/α,β-unsaturated/α-hetero) is 1. The molecule has 0 amide bonds. The van der Waals surface area contributed by atoms with Crippen molar-refractivity contribution in [1.29, 1.82) is 0 Å². The van der Waals surface area contributed by atoms with Gasteiger partial charge in [0.15, 0.2) is 5.78 Å². The van der Waals surface area contributed by atoms with E-state index in [1.807, 2.05) is 0 Å². The molecule has 0 atom stereocenters. The number of allylic oxidation sites excluding steroid dienone is 2. The number of hydrogen-bond donors (Lipinski definition) is 0. The lowest BCUT2D eigenvalue weighted by Crippen LogP contribution is -2.33. The first-order valence-electron chi connectivity index (χ1n) is 7.09. The Hall–Kier alpha value is -3.47. The highest BCUT2D eigenvalue weighted by atomic mass is 16.4. The maximum absolute atomic E-state index is 12.4. The van der Waals surface area contributed by atoms with Gasteiger partial charge in [-0.15, -0.1) is 0 Å². The average Bonchev–Trinajstić information content (AvgIpc) is 2.90. The molecule has 0 N–H and O–H groups in total. The summed E-state index contributed by atoms with van der Waals surface area (Å²) in [6.07, 6.45) is 0. The molecule has 0 bridgehead atoms. The molecular formula is C19H10O5-2. The maximum Gasteiger partial charge on any atom is 0.197 e. The fraction of sp³-hybridized carbons (Fsp3) is 0. The molecule has 0 aliphatic heterocycles. The lowest BCUT2D eigenvalue weighted by Gasteiger charge is -2.13. The summed E-state index contributed by atoms with van der Waals surface area (Å²) in [5.74, 6) is -4.54. The maximum atomic E-state index is 12.4. The van der Waals surface area contributed by atoms with Crippen LogP contribution >= 0.6 is 0 Å². The molecule has 0 spiro atoms. The number of ketones is 1. The average molecular weight is 318 g/mol. The SMILES string of the molecule is O=C([O-])C1=C(c2ccccc2)C(c2ccccc2)=C(C(=O)[O-])C1=O. The molecule has 0 saturated carbocycles. The van der Waals surface area contributed by atoms with E-state index in [9.17, 15) is 24.6 Å². The van der Waals surface area contributed by atoms with E-state index in [4.69, 9.17) is 0 Å². The van der Waals surface area contributed by atoms with Gasteiger partial charge >= 0.3 is 0 Å². The Kier molecular flexibility index (Phi) is 3.83. The van der Waals surface area contributed by atoms with Crippen LogP contribution in [0.15, 0.2) is 71.8 Å². The molecule has 5 nitrogen and oxygen atoms in total. The minimum absolute atomic E-state index is 0.0333. The monoisotopic (exact) mass is 318 g/mol. The van der Waals surface area contributed by atoms with Crippen molar-refractivity contribution in [3.8, 4) is 0 Å². The van der Waals surface area contributed by atoms with Crippen LogP contribution in [0.25, 0.3) is 11.1 Å².